The van der Waals surface area contributed by atoms with Gasteiger partial charge in [-0.05, 0) is 51.0 Å². The van der Waals surface area contributed by atoms with Crippen molar-refractivity contribution >= 4 is 10.0 Å². The molecule has 2 heterocycles. The van der Waals surface area contributed by atoms with E-state index < -0.39 is 10.0 Å². The summed E-state index contributed by atoms with van der Waals surface area (Å²) in [5, 5.41) is -0.135. The number of rotatable bonds is 6. The van der Waals surface area contributed by atoms with E-state index in [1.54, 1.807) is 0 Å². The molecule has 0 aromatic heterocycles. The molecule has 1 spiro atoms. The van der Waals surface area contributed by atoms with Crippen LogP contribution in [0.5, 0.6) is 0 Å². The molecule has 4 rings (SSSR count). The standard InChI is InChI=1S/C20H30N2O3S/c1-15-7-16(2)9-18(8-15)11-22-13-20(14-22)6-5-17(12-25-20)10-21-26(23,24)19-3-4-19/h7-9,17,19,21H,3-6,10-14H2,1-2H3/t17-/m0/s1. The van der Waals surface area contributed by atoms with Gasteiger partial charge in [-0.25, -0.2) is 13.1 Å². The van der Waals surface area contributed by atoms with Crippen LogP contribution in [0.25, 0.3) is 0 Å². The molecule has 1 saturated carbocycles. The molecule has 5 nitrogen and oxygen atoms in total. The highest BCUT2D eigenvalue weighted by Gasteiger charge is 2.46. The van der Waals surface area contributed by atoms with Gasteiger partial charge < -0.3 is 4.74 Å². The lowest BCUT2D eigenvalue weighted by atomic mass is 9.82. The SMILES string of the molecule is Cc1cc(C)cc(CN2CC3(CC[C@@H](CNS(=O)(=O)C4CC4)CO3)C2)c1. The van der Waals surface area contributed by atoms with E-state index in [2.05, 4.69) is 41.7 Å². The van der Waals surface area contributed by atoms with Crippen molar-refractivity contribution in [1.82, 2.24) is 9.62 Å². The first-order valence-corrected chi connectivity index (χ1v) is 11.3. The molecule has 0 unspecified atom stereocenters. The van der Waals surface area contributed by atoms with Crippen molar-refractivity contribution in [2.24, 2.45) is 5.92 Å². The Bertz CT molecular complexity index is 737. The highest BCUT2D eigenvalue weighted by atomic mass is 32.2. The summed E-state index contributed by atoms with van der Waals surface area (Å²) in [6.07, 6.45) is 3.71. The van der Waals surface area contributed by atoms with Crippen LogP contribution in [0.2, 0.25) is 0 Å². The van der Waals surface area contributed by atoms with Crippen LogP contribution in [0.1, 0.15) is 42.4 Å². The Morgan fingerprint density at radius 3 is 2.42 bits per heavy atom. The number of likely N-dealkylation sites (tertiary alicyclic amines) is 1. The maximum Gasteiger partial charge on any atom is 0.214 e. The zero-order valence-electron chi connectivity index (χ0n) is 15.8. The monoisotopic (exact) mass is 378 g/mol. The second-order valence-corrected chi connectivity index (χ2v) is 10.7. The average Bonchev–Trinajstić information content (AvgIpc) is 3.37. The van der Waals surface area contributed by atoms with Gasteiger partial charge in [0, 0.05) is 26.2 Å². The fraction of sp³-hybridized carbons (Fsp3) is 0.700. The predicted molar refractivity (Wildman–Crippen MR) is 103 cm³/mol. The Morgan fingerprint density at radius 1 is 1.15 bits per heavy atom. The lowest BCUT2D eigenvalue weighted by Crippen LogP contribution is -2.64. The lowest BCUT2D eigenvalue weighted by Gasteiger charge is -2.53. The second-order valence-electron chi connectivity index (χ2n) is 8.63. The highest BCUT2D eigenvalue weighted by Crippen LogP contribution is 2.37. The van der Waals surface area contributed by atoms with Crippen LogP contribution in [0.15, 0.2) is 18.2 Å². The van der Waals surface area contributed by atoms with Crippen molar-refractivity contribution in [1.29, 1.82) is 0 Å². The third-order valence-corrected chi connectivity index (χ3v) is 7.80. The molecule has 0 amide bonds. The lowest BCUT2D eigenvalue weighted by molar-refractivity contribution is -0.181. The average molecular weight is 379 g/mol. The first-order chi connectivity index (χ1) is 12.3. The number of benzene rings is 1. The summed E-state index contributed by atoms with van der Waals surface area (Å²) in [6.45, 7) is 8.46. The number of nitrogens with zero attached hydrogens (tertiary/aromatic N) is 1. The molecular weight excluding hydrogens is 348 g/mol. The van der Waals surface area contributed by atoms with E-state index in [1.807, 2.05) is 0 Å². The molecule has 6 heteroatoms. The molecule has 1 atom stereocenters. The minimum absolute atomic E-state index is 0.00470. The predicted octanol–water partition coefficient (Wildman–Crippen LogP) is 2.37. The molecule has 26 heavy (non-hydrogen) atoms. The van der Waals surface area contributed by atoms with Crippen molar-refractivity contribution < 1.29 is 13.2 Å². The summed E-state index contributed by atoms with van der Waals surface area (Å²) in [6, 6.07) is 6.74. The van der Waals surface area contributed by atoms with E-state index in [0.717, 1.165) is 45.3 Å². The van der Waals surface area contributed by atoms with Gasteiger partial charge in [-0.3, -0.25) is 4.90 Å². The smallest absolute Gasteiger partial charge is 0.214 e. The number of hydrogen-bond donors (Lipinski definition) is 1. The van der Waals surface area contributed by atoms with Gasteiger partial charge in [-0.1, -0.05) is 29.3 Å². The summed E-state index contributed by atoms with van der Waals surface area (Å²) >= 11 is 0. The zero-order valence-corrected chi connectivity index (χ0v) is 16.6. The van der Waals surface area contributed by atoms with Gasteiger partial charge in [-0.2, -0.15) is 0 Å². The minimum atomic E-state index is -3.07. The fourth-order valence-electron chi connectivity index (χ4n) is 4.36. The van der Waals surface area contributed by atoms with Gasteiger partial charge in [0.15, 0.2) is 0 Å². The molecule has 2 aliphatic heterocycles. The second kappa shape index (κ2) is 6.89. The number of sulfonamides is 1. The van der Waals surface area contributed by atoms with Gasteiger partial charge in [0.2, 0.25) is 10.0 Å². The van der Waals surface area contributed by atoms with Crippen LogP contribution < -0.4 is 4.72 Å². The zero-order chi connectivity index (χ0) is 18.4. The first kappa shape index (κ1) is 18.4. The van der Waals surface area contributed by atoms with Crippen LogP contribution in [-0.2, 0) is 21.3 Å². The molecular formula is C20H30N2O3S. The van der Waals surface area contributed by atoms with Crippen LogP contribution in [0.3, 0.4) is 0 Å². The Hall–Kier alpha value is -0.950. The van der Waals surface area contributed by atoms with E-state index in [0.29, 0.717) is 19.1 Å². The van der Waals surface area contributed by atoms with E-state index in [-0.39, 0.29) is 10.9 Å². The summed E-state index contributed by atoms with van der Waals surface area (Å²) < 4.78 is 32.9. The van der Waals surface area contributed by atoms with Crippen LogP contribution in [0, 0.1) is 19.8 Å². The molecule has 0 radical (unpaired) electrons. The summed E-state index contributed by atoms with van der Waals surface area (Å²) in [7, 11) is -3.07. The molecule has 3 aliphatic rings. The third kappa shape index (κ3) is 4.14. The molecule has 3 fully saturated rings. The van der Waals surface area contributed by atoms with Crippen molar-refractivity contribution in [3.63, 3.8) is 0 Å². The molecule has 1 aromatic rings. The van der Waals surface area contributed by atoms with Crippen LogP contribution in [-0.4, -0.2) is 50.4 Å². The Morgan fingerprint density at radius 2 is 1.85 bits per heavy atom. The molecule has 144 valence electrons. The van der Waals surface area contributed by atoms with Gasteiger partial charge in [0.05, 0.1) is 17.5 Å². The molecule has 1 aliphatic carbocycles. The first-order valence-electron chi connectivity index (χ1n) is 9.76. The Labute approximate surface area is 157 Å². The van der Waals surface area contributed by atoms with E-state index in [9.17, 15) is 8.42 Å². The third-order valence-electron chi connectivity index (χ3n) is 5.88. The van der Waals surface area contributed by atoms with E-state index in [4.69, 9.17) is 4.74 Å². The molecule has 1 aromatic carbocycles. The summed E-state index contributed by atoms with van der Waals surface area (Å²) in [5.74, 6) is 0.308. The quantitative estimate of drug-likeness (QED) is 0.826. The van der Waals surface area contributed by atoms with E-state index >= 15 is 0 Å². The largest absolute Gasteiger partial charge is 0.372 e. The maximum atomic E-state index is 11.9. The molecule has 1 N–H and O–H groups in total. The van der Waals surface area contributed by atoms with Crippen molar-refractivity contribution in [2.75, 3.05) is 26.2 Å². The highest BCUT2D eigenvalue weighted by molar-refractivity contribution is 7.90. The number of ether oxygens (including phenoxy) is 1. The van der Waals surface area contributed by atoms with E-state index in [1.165, 1.54) is 16.7 Å². The Kier molecular flexibility index (Phi) is 4.88. The topological polar surface area (TPSA) is 58.6 Å². The van der Waals surface area contributed by atoms with Gasteiger partial charge in [-0.15, -0.1) is 0 Å². The normalized spacial score (nSPS) is 26.0. The number of aryl methyl sites for hydroxylation is 2. The van der Waals surface area contributed by atoms with Gasteiger partial charge in [0.1, 0.15) is 0 Å². The molecule has 2 saturated heterocycles. The van der Waals surface area contributed by atoms with Crippen LogP contribution >= 0.6 is 0 Å². The van der Waals surface area contributed by atoms with Gasteiger partial charge >= 0.3 is 0 Å². The van der Waals surface area contributed by atoms with Crippen molar-refractivity contribution in [3.8, 4) is 0 Å². The summed E-state index contributed by atoms with van der Waals surface area (Å²) in [5.41, 5.74) is 4.02. The number of hydrogen-bond acceptors (Lipinski definition) is 4. The molecule has 0 bridgehead atoms. The van der Waals surface area contributed by atoms with Crippen LogP contribution in [0.4, 0.5) is 0 Å². The minimum Gasteiger partial charge on any atom is -0.372 e. The van der Waals surface area contributed by atoms with Gasteiger partial charge in [0.25, 0.3) is 0 Å². The van der Waals surface area contributed by atoms with Crippen molar-refractivity contribution in [2.45, 2.75) is 56.9 Å². The fourth-order valence-corrected chi connectivity index (χ4v) is 5.82. The Balaban J connectivity index is 1.22. The summed E-state index contributed by atoms with van der Waals surface area (Å²) in [4.78, 5) is 2.45. The van der Waals surface area contributed by atoms with Crippen molar-refractivity contribution in [3.05, 3.63) is 34.9 Å². The maximum absolute atomic E-state index is 11.9. The number of nitrogens with one attached hydrogen (secondary N) is 1.